The maximum Gasteiger partial charge on any atom is 0.166 e. The van der Waals surface area contributed by atoms with Gasteiger partial charge in [0.05, 0.1) is 19.6 Å². The lowest BCUT2D eigenvalue weighted by Crippen LogP contribution is -3.00. The second-order valence-electron chi connectivity index (χ2n) is 5.79. The van der Waals surface area contributed by atoms with Crippen molar-refractivity contribution in [2.24, 2.45) is 11.8 Å². The van der Waals surface area contributed by atoms with Crippen molar-refractivity contribution in [1.29, 1.82) is 0 Å². The largest absolute Gasteiger partial charge is 1.00 e. The van der Waals surface area contributed by atoms with Gasteiger partial charge in [-0.15, -0.1) is 0 Å². The van der Waals surface area contributed by atoms with Gasteiger partial charge in [-0.2, -0.15) is 0 Å². The molecular formula is C12H26ClO2P. The van der Waals surface area contributed by atoms with E-state index in [0.717, 1.165) is 25.2 Å². The van der Waals surface area contributed by atoms with Crippen LogP contribution in [0.2, 0.25) is 0 Å². The smallest absolute Gasteiger partial charge is 0.166 e. The number of rotatable bonds is 4. The van der Waals surface area contributed by atoms with Gasteiger partial charge in [-0.1, -0.05) is 27.7 Å². The van der Waals surface area contributed by atoms with Crippen LogP contribution in [0.25, 0.3) is 0 Å². The number of halogens is 1. The maximum atomic E-state index is 10.2. The molecule has 2 nitrogen and oxygen atoms in total. The summed E-state index contributed by atoms with van der Waals surface area (Å²) in [5, 5.41) is 20.4. The van der Waals surface area contributed by atoms with Gasteiger partial charge in [-0.3, -0.25) is 0 Å². The van der Waals surface area contributed by atoms with E-state index in [4.69, 9.17) is 0 Å². The molecule has 0 radical (unpaired) electrons. The van der Waals surface area contributed by atoms with Crippen LogP contribution in [-0.2, 0) is 0 Å². The zero-order valence-corrected chi connectivity index (χ0v) is 12.5. The fourth-order valence-electron chi connectivity index (χ4n) is 2.93. The first-order chi connectivity index (χ1) is 6.88. The van der Waals surface area contributed by atoms with Gasteiger partial charge in [-0.25, -0.2) is 0 Å². The first-order valence-electron chi connectivity index (χ1n) is 6.11. The minimum Gasteiger partial charge on any atom is -1.00 e. The average Bonchev–Trinajstić information content (AvgIpc) is 2.31. The molecule has 0 aromatic carbocycles. The second-order valence-corrected chi connectivity index (χ2v) is 9.92. The fourth-order valence-corrected chi connectivity index (χ4v) is 8.50. The van der Waals surface area contributed by atoms with Gasteiger partial charge in [0, 0.05) is 12.8 Å². The number of aliphatic hydroxyl groups is 2. The van der Waals surface area contributed by atoms with Crippen molar-refractivity contribution in [2.45, 2.75) is 52.2 Å². The third-order valence-electron chi connectivity index (χ3n) is 3.28. The molecule has 0 spiro atoms. The van der Waals surface area contributed by atoms with Crippen molar-refractivity contribution in [1.82, 2.24) is 0 Å². The van der Waals surface area contributed by atoms with Crippen LogP contribution in [0.1, 0.15) is 40.5 Å². The maximum absolute atomic E-state index is 10.2. The Hall–Kier alpha value is 0.640. The lowest BCUT2D eigenvalue weighted by atomic mass is 10.3. The zero-order chi connectivity index (χ0) is 11.6. The van der Waals surface area contributed by atoms with Crippen molar-refractivity contribution in [3.63, 3.8) is 0 Å². The minimum atomic E-state index is -1.53. The van der Waals surface area contributed by atoms with Crippen LogP contribution < -0.4 is 12.4 Å². The summed E-state index contributed by atoms with van der Waals surface area (Å²) in [6.45, 7) is 8.78. The fraction of sp³-hybridized carbons (Fsp3) is 1.00. The average molecular weight is 269 g/mol. The Kier molecular flexibility index (Phi) is 6.80. The highest BCUT2D eigenvalue weighted by molar-refractivity contribution is 7.77. The molecule has 1 rings (SSSR count). The summed E-state index contributed by atoms with van der Waals surface area (Å²) in [5.74, 6) is 0.772. The third-order valence-corrected chi connectivity index (χ3v) is 8.99. The van der Waals surface area contributed by atoms with E-state index in [1.165, 1.54) is 0 Å². The normalized spacial score (nSPS) is 28.5. The Morgan fingerprint density at radius 3 is 1.50 bits per heavy atom. The van der Waals surface area contributed by atoms with Gasteiger partial charge in [0.25, 0.3) is 0 Å². The van der Waals surface area contributed by atoms with Crippen LogP contribution in [0.3, 0.4) is 0 Å². The SMILES string of the molecule is CC(C)C[P+]1(CC(C)C)C(O)CCC1O.[Cl-]. The standard InChI is InChI=1S/C12H26O2P.ClH/c1-9(2)7-15(8-10(3)4)11(13)5-6-12(15)14;/h9-14H,5-8H2,1-4H3;1H/q+1;/p-1. The molecular weight excluding hydrogens is 243 g/mol. The molecule has 2 atom stereocenters. The molecule has 2 unspecified atom stereocenters. The van der Waals surface area contributed by atoms with E-state index in [-0.39, 0.29) is 24.1 Å². The topological polar surface area (TPSA) is 40.5 Å². The predicted octanol–water partition coefficient (Wildman–Crippen LogP) is -0.249. The molecule has 1 aliphatic rings. The Morgan fingerprint density at radius 2 is 1.25 bits per heavy atom. The molecule has 0 saturated carbocycles. The second kappa shape index (κ2) is 6.54. The highest BCUT2D eigenvalue weighted by Crippen LogP contribution is 2.72. The lowest BCUT2D eigenvalue weighted by Gasteiger charge is -2.31. The first-order valence-corrected chi connectivity index (χ1v) is 8.41. The Labute approximate surface area is 107 Å². The van der Waals surface area contributed by atoms with Gasteiger partial charge in [0.2, 0.25) is 0 Å². The number of aliphatic hydroxyl groups excluding tert-OH is 2. The van der Waals surface area contributed by atoms with Crippen molar-refractivity contribution >= 4 is 7.26 Å². The molecule has 0 aromatic heterocycles. The highest BCUT2D eigenvalue weighted by Gasteiger charge is 2.56. The minimum absolute atomic E-state index is 0. The molecule has 4 heteroatoms. The molecule has 16 heavy (non-hydrogen) atoms. The molecule has 1 fully saturated rings. The van der Waals surface area contributed by atoms with Gasteiger partial charge in [0.15, 0.2) is 11.7 Å². The molecule has 1 aliphatic heterocycles. The van der Waals surface area contributed by atoms with E-state index in [2.05, 4.69) is 27.7 Å². The number of hydrogen-bond acceptors (Lipinski definition) is 2. The van der Waals surface area contributed by atoms with Crippen molar-refractivity contribution in [3.8, 4) is 0 Å². The third kappa shape index (κ3) is 3.57. The van der Waals surface area contributed by atoms with Crippen LogP contribution in [-0.4, -0.2) is 34.2 Å². The van der Waals surface area contributed by atoms with E-state index < -0.39 is 7.26 Å². The summed E-state index contributed by atoms with van der Waals surface area (Å²) in [4.78, 5) is 0. The summed E-state index contributed by atoms with van der Waals surface area (Å²) < 4.78 is 0. The molecule has 2 N–H and O–H groups in total. The molecule has 0 bridgehead atoms. The Bertz CT molecular complexity index is 187. The zero-order valence-electron chi connectivity index (χ0n) is 10.9. The van der Waals surface area contributed by atoms with Gasteiger partial charge in [-0.05, 0) is 11.8 Å². The Morgan fingerprint density at radius 1 is 0.938 bits per heavy atom. The summed E-state index contributed by atoms with van der Waals surface area (Å²) in [5.41, 5.74) is 0. The quantitative estimate of drug-likeness (QED) is 0.691. The molecule has 0 aromatic rings. The van der Waals surface area contributed by atoms with Gasteiger partial charge in [0.1, 0.15) is 0 Å². The molecule has 1 heterocycles. The number of hydrogen-bond donors (Lipinski definition) is 2. The molecule has 0 aliphatic carbocycles. The Balaban J connectivity index is 0.00000225. The van der Waals surface area contributed by atoms with E-state index >= 15 is 0 Å². The van der Waals surface area contributed by atoms with Crippen LogP contribution in [0.15, 0.2) is 0 Å². The predicted molar refractivity (Wildman–Crippen MR) is 67.6 cm³/mol. The van der Waals surface area contributed by atoms with Crippen LogP contribution in [0.5, 0.6) is 0 Å². The van der Waals surface area contributed by atoms with E-state index in [9.17, 15) is 10.2 Å². The monoisotopic (exact) mass is 268 g/mol. The lowest BCUT2D eigenvalue weighted by molar-refractivity contribution is -0.00000596. The summed E-state index contributed by atoms with van der Waals surface area (Å²) in [6.07, 6.45) is 3.73. The van der Waals surface area contributed by atoms with Crippen molar-refractivity contribution in [2.75, 3.05) is 12.3 Å². The van der Waals surface area contributed by atoms with E-state index in [1.54, 1.807) is 0 Å². The van der Waals surface area contributed by atoms with Crippen LogP contribution >= 0.6 is 7.26 Å². The van der Waals surface area contributed by atoms with Crippen molar-refractivity contribution in [3.05, 3.63) is 0 Å². The van der Waals surface area contributed by atoms with E-state index in [1.807, 2.05) is 0 Å². The van der Waals surface area contributed by atoms with Gasteiger partial charge < -0.3 is 22.6 Å². The molecule has 0 amide bonds. The van der Waals surface area contributed by atoms with E-state index in [0.29, 0.717) is 11.8 Å². The summed E-state index contributed by atoms with van der Waals surface area (Å²) >= 11 is 0. The van der Waals surface area contributed by atoms with Crippen LogP contribution in [0, 0.1) is 11.8 Å². The summed E-state index contributed by atoms with van der Waals surface area (Å²) in [7, 11) is -1.53. The van der Waals surface area contributed by atoms with Gasteiger partial charge >= 0.3 is 0 Å². The first kappa shape index (κ1) is 16.6. The van der Waals surface area contributed by atoms with Crippen molar-refractivity contribution < 1.29 is 22.6 Å². The van der Waals surface area contributed by atoms with Crippen LogP contribution in [0.4, 0.5) is 0 Å². The molecule has 98 valence electrons. The highest BCUT2D eigenvalue weighted by atomic mass is 35.5. The molecule has 1 saturated heterocycles. The summed E-state index contributed by atoms with van der Waals surface area (Å²) in [6, 6.07) is 0.